The molecule has 1 amide bonds. The first-order chi connectivity index (χ1) is 10.7. The summed E-state index contributed by atoms with van der Waals surface area (Å²) in [5, 5.41) is 0. The zero-order valence-electron chi connectivity index (χ0n) is 13.6. The molecular formula is C17H20N2O3S. The van der Waals surface area contributed by atoms with Gasteiger partial charge in [0.25, 0.3) is 10.0 Å². The van der Waals surface area contributed by atoms with Gasteiger partial charge >= 0.3 is 0 Å². The largest absolute Gasteiger partial charge is 0.316 e. The average Bonchev–Trinajstić information content (AvgIpc) is 2.53. The van der Waals surface area contributed by atoms with Crippen molar-refractivity contribution in [1.82, 2.24) is 0 Å². The van der Waals surface area contributed by atoms with Crippen molar-refractivity contribution in [1.29, 1.82) is 0 Å². The first kappa shape index (κ1) is 17.0. The van der Waals surface area contributed by atoms with E-state index in [4.69, 9.17) is 0 Å². The molecule has 0 aromatic heterocycles. The van der Waals surface area contributed by atoms with Crippen molar-refractivity contribution in [3.05, 3.63) is 54.1 Å². The maximum Gasteiger partial charge on any atom is 0.264 e. The van der Waals surface area contributed by atoms with Crippen molar-refractivity contribution in [3.8, 4) is 0 Å². The van der Waals surface area contributed by atoms with Gasteiger partial charge in [0, 0.05) is 26.7 Å². The van der Waals surface area contributed by atoms with E-state index in [0.29, 0.717) is 11.4 Å². The molecular weight excluding hydrogens is 312 g/mol. The summed E-state index contributed by atoms with van der Waals surface area (Å²) >= 11 is 0. The Labute approximate surface area is 137 Å². The molecule has 2 aromatic carbocycles. The first-order valence-electron chi connectivity index (χ1n) is 7.13. The Morgan fingerprint density at radius 2 is 1.52 bits per heavy atom. The molecule has 0 aliphatic carbocycles. The summed E-state index contributed by atoms with van der Waals surface area (Å²) < 4.78 is 26.6. The van der Waals surface area contributed by atoms with Crippen molar-refractivity contribution in [2.45, 2.75) is 18.7 Å². The van der Waals surface area contributed by atoms with E-state index in [1.54, 1.807) is 49.5 Å². The zero-order valence-corrected chi connectivity index (χ0v) is 14.5. The standard InChI is InChI=1S/C17H20N2O3S/c1-13-6-5-7-17(12-13)23(21,22)19(4)16-10-8-15(9-11-16)18(3)14(2)20/h5-12H,1-4H3. The van der Waals surface area contributed by atoms with Gasteiger partial charge in [0.1, 0.15) is 0 Å². The Morgan fingerprint density at radius 3 is 2.04 bits per heavy atom. The number of amides is 1. The molecule has 23 heavy (non-hydrogen) atoms. The summed E-state index contributed by atoms with van der Waals surface area (Å²) in [6.45, 7) is 3.33. The second kappa shape index (κ2) is 6.42. The van der Waals surface area contributed by atoms with E-state index in [1.165, 1.54) is 23.2 Å². The summed E-state index contributed by atoms with van der Waals surface area (Å²) in [5.74, 6) is -0.0847. The zero-order chi connectivity index (χ0) is 17.2. The monoisotopic (exact) mass is 332 g/mol. The van der Waals surface area contributed by atoms with Gasteiger partial charge < -0.3 is 4.90 Å². The highest BCUT2D eigenvalue weighted by atomic mass is 32.2. The summed E-state index contributed by atoms with van der Waals surface area (Å²) in [5.41, 5.74) is 2.13. The minimum absolute atomic E-state index is 0.0847. The van der Waals surface area contributed by atoms with Gasteiger partial charge in [0.2, 0.25) is 5.91 Å². The molecule has 6 heteroatoms. The smallest absolute Gasteiger partial charge is 0.264 e. The molecule has 122 valence electrons. The maximum atomic E-state index is 12.7. The number of aryl methyl sites for hydroxylation is 1. The molecule has 2 rings (SSSR count). The van der Waals surface area contributed by atoms with Gasteiger partial charge in [-0.05, 0) is 48.9 Å². The van der Waals surface area contributed by atoms with Gasteiger partial charge in [-0.15, -0.1) is 0 Å². The van der Waals surface area contributed by atoms with Crippen molar-refractivity contribution >= 4 is 27.3 Å². The quantitative estimate of drug-likeness (QED) is 0.865. The van der Waals surface area contributed by atoms with Crippen LogP contribution in [-0.2, 0) is 14.8 Å². The molecule has 0 aliphatic heterocycles. The third-order valence-electron chi connectivity index (χ3n) is 3.72. The molecule has 0 N–H and O–H groups in total. The van der Waals surface area contributed by atoms with Crippen LogP contribution in [0.4, 0.5) is 11.4 Å². The van der Waals surface area contributed by atoms with Gasteiger partial charge in [-0.3, -0.25) is 9.10 Å². The number of sulfonamides is 1. The normalized spacial score (nSPS) is 11.1. The Bertz CT molecular complexity index is 814. The molecule has 0 atom stereocenters. The minimum Gasteiger partial charge on any atom is -0.316 e. The molecule has 0 aliphatic rings. The highest BCUT2D eigenvalue weighted by Gasteiger charge is 2.21. The van der Waals surface area contributed by atoms with E-state index < -0.39 is 10.0 Å². The van der Waals surface area contributed by atoms with Crippen LogP contribution in [0, 0.1) is 6.92 Å². The topological polar surface area (TPSA) is 57.7 Å². The third-order valence-corrected chi connectivity index (χ3v) is 5.50. The van der Waals surface area contributed by atoms with Gasteiger partial charge in [-0.2, -0.15) is 0 Å². The fourth-order valence-corrected chi connectivity index (χ4v) is 3.44. The summed E-state index contributed by atoms with van der Waals surface area (Å²) in [7, 11) is -0.425. The maximum absolute atomic E-state index is 12.7. The van der Waals surface area contributed by atoms with Crippen LogP contribution in [0.25, 0.3) is 0 Å². The highest BCUT2D eigenvalue weighted by molar-refractivity contribution is 7.92. The molecule has 0 heterocycles. The molecule has 0 saturated heterocycles. The van der Waals surface area contributed by atoms with Crippen LogP contribution in [0.5, 0.6) is 0 Å². The highest BCUT2D eigenvalue weighted by Crippen LogP contribution is 2.25. The number of anilines is 2. The number of nitrogens with zero attached hydrogens (tertiary/aromatic N) is 2. The SMILES string of the molecule is CC(=O)N(C)c1ccc(N(C)S(=O)(=O)c2cccc(C)c2)cc1. The van der Waals surface area contributed by atoms with Gasteiger partial charge in [0.15, 0.2) is 0 Å². The van der Waals surface area contributed by atoms with Gasteiger partial charge in [-0.25, -0.2) is 8.42 Å². The van der Waals surface area contributed by atoms with E-state index in [9.17, 15) is 13.2 Å². The van der Waals surface area contributed by atoms with Crippen LogP contribution >= 0.6 is 0 Å². The Morgan fingerprint density at radius 1 is 0.957 bits per heavy atom. The number of rotatable bonds is 4. The summed E-state index contributed by atoms with van der Waals surface area (Å²) in [6, 6.07) is 13.6. The van der Waals surface area contributed by atoms with E-state index in [2.05, 4.69) is 0 Å². The van der Waals surface area contributed by atoms with Crippen LogP contribution < -0.4 is 9.21 Å². The Kier molecular flexibility index (Phi) is 4.75. The number of hydrogen-bond donors (Lipinski definition) is 0. The van der Waals surface area contributed by atoms with E-state index in [0.717, 1.165) is 5.56 Å². The molecule has 0 unspecified atom stereocenters. The van der Waals surface area contributed by atoms with Crippen molar-refractivity contribution in [2.75, 3.05) is 23.3 Å². The lowest BCUT2D eigenvalue weighted by atomic mass is 10.2. The second-order valence-electron chi connectivity index (χ2n) is 5.38. The molecule has 0 radical (unpaired) electrons. The lowest BCUT2D eigenvalue weighted by Crippen LogP contribution is -2.27. The van der Waals surface area contributed by atoms with Crippen molar-refractivity contribution in [2.24, 2.45) is 0 Å². The minimum atomic E-state index is -3.61. The predicted octanol–water partition coefficient (Wildman–Crippen LogP) is 2.80. The van der Waals surface area contributed by atoms with Crippen LogP contribution in [0.1, 0.15) is 12.5 Å². The predicted molar refractivity (Wildman–Crippen MR) is 92.3 cm³/mol. The van der Waals surface area contributed by atoms with Crippen molar-refractivity contribution < 1.29 is 13.2 Å². The molecule has 0 spiro atoms. The fourth-order valence-electron chi connectivity index (χ4n) is 2.14. The van der Waals surface area contributed by atoms with Gasteiger partial charge in [0.05, 0.1) is 10.6 Å². The number of carbonyl (C=O) groups excluding carboxylic acids is 1. The number of benzene rings is 2. The van der Waals surface area contributed by atoms with Gasteiger partial charge in [-0.1, -0.05) is 12.1 Å². The van der Waals surface area contributed by atoms with Crippen LogP contribution in [0.3, 0.4) is 0 Å². The van der Waals surface area contributed by atoms with E-state index >= 15 is 0 Å². The van der Waals surface area contributed by atoms with E-state index in [-0.39, 0.29) is 10.8 Å². The molecule has 0 bridgehead atoms. The van der Waals surface area contributed by atoms with Crippen LogP contribution in [0.2, 0.25) is 0 Å². The first-order valence-corrected chi connectivity index (χ1v) is 8.57. The summed E-state index contributed by atoms with van der Waals surface area (Å²) in [4.78, 5) is 13.1. The third kappa shape index (κ3) is 3.53. The molecule has 5 nitrogen and oxygen atoms in total. The Balaban J connectivity index is 2.33. The second-order valence-corrected chi connectivity index (χ2v) is 7.35. The Hall–Kier alpha value is -2.34. The lowest BCUT2D eigenvalue weighted by molar-refractivity contribution is -0.116. The lowest BCUT2D eigenvalue weighted by Gasteiger charge is -2.21. The fraction of sp³-hybridized carbons (Fsp3) is 0.235. The van der Waals surface area contributed by atoms with Crippen LogP contribution in [0.15, 0.2) is 53.4 Å². The number of hydrogen-bond acceptors (Lipinski definition) is 3. The molecule has 2 aromatic rings. The molecule has 0 fully saturated rings. The van der Waals surface area contributed by atoms with Crippen molar-refractivity contribution in [3.63, 3.8) is 0 Å². The molecule has 0 saturated carbocycles. The number of carbonyl (C=O) groups is 1. The summed E-state index contributed by atoms with van der Waals surface area (Å²) in [6.07, 6.45) is 0. The average molecular weight is 332 g/mol. The van der Waals surface area contributed by atoms with E-state index in [1.807, 2.05) is 13.0 Å². The van der Waals surface area contributed by atoms with Crippen LogP contribution in [-0.4, -0.2) is 28.4 Å².